The summed E-state index contributed by atoms with van der Waals surface area (Å²) in [7, 11) is -1.19. The molecule has 2 atom stereocenters. The maximum atomic E-state index is 12.0. The SMILES string of the molecule is CC[C@@H](C)S(=O)N=C(C)c1cccc(OCc2ccccc2)c1. The van der Waals surface area contributed by atoms with Crippen LogP contribution in [0.4, 0.5) is 0 Å². The first-order valence-electron chi connectivity index (χ1n) is 7.83. The van der Waals surface area contributed by atoms with E-state index < -0.39 is 11.0 Å². The molecule has 0 spiro atoms. The van der Waals surface area contributed by atoms with Crippen LogP contribution >= 0.6 is 0 Å². The van der Waals surface area contributed by atoms with Gasteiger partial charge in [0.2, 0.25) is 0 Å². The molecule has 3 nitrogen and oxygen atoms in total. The summed E-state index contributed by atoms with van der Waals surface area (Å²) in [6, 6.07) is 17.8. The fraction of sp³-hybridized carbons (Fsp3) is 0.316. The second-order valence-electron chi connectivity index (χ2n) is 5.47. The molecule has 0 amide bonds. The smallest absolute Gasteiger partial charge is 0.142 e. The van der Waals surface area contributed by atoms with Gasteiger partial charge in [-0.1, -0.05) is 49.4 Å². The number of hydrogen-bond donors (Lipinski definition) is 0. The minimum atomic E-state index is -1.19. The Balaban J connectivity index is 2.07. The maximum Gasteiger partial charge on any atom is 0.142 e. The van der Waals surface area contributed by atoms with E-state index in [1.54, 1.807) is 0 Å². The summed E-state index contributed by atoms with van der Waals surface area (Å²) in [6.07, 6.45) is 0.851. The van der Waals surface area contributed by atoms with Crippen LogP contribution in [0.1, 0.15) is 38.3 Å². The number of rotatable bonds is 7. The topological polar surface area (TPSA) is 38.7 Å². The zero-order chi connectivity index (χ0) is 16.7. The molecule has 4 heteroatoms. The van der Waals surface area contributed by atoms with Gasteiger partial charge in [-0.3, -0.25) is 0 Å². The van der Waals surface area contributed by atoms with Crippen molar-refractivity contribution in [2.45, 2.75) is 39.0 Å². The Hall–Kier alpha value is -1.94. The van der Waals surface area contributed by atoms with Crippen LogP contribution in [0, 0.1) is 0 Å². The molecule has 0 saturated heterocycles. The van der Waals surface area contributed by atoms with Crippen molar-refractivity contribution in [3.8, 4) is 5.75 Å². The molecule has 23 heavy (non-hydrogen) atoms. The monoisotopic (exact) mass is 329 g/mol. The van der Waals surface area contributed by atoms with Crippen molar-refractivity contribution in [2.24, 2.45) is 4.40 Å². The van der Waals surface area contributed by atoms with Crippen molar-refractivity contribution in [3.05, 3.63) is 65.7 Å². The van der Waals surface area contributed by atoms with E-state index in [0.717, 1.165) is 29.0 Å². The normalized spacial score (nSPS) is 14.3. The molecule has 0 aliphatic carbocycles. The zero-order valence-electron chi connectivity index (χ0n) is 13.9. The van der Waals surface area contributed by atoms with Crippen molar-refractivity contribution in [2.75, 3.05) is 0 Å². The first kappa shape index (κ1) is 17.4. The molecule has 2 aromatic carbocycles. The lowest BCUT2D eigenvalue weighted by atomic mass is 10.1. The summed E-state index contributed by atoms with van der Waals surface area (Å²) < 4.78 is 22.2. The van der Waals surface area contributed by atoms with Crippen LogP contribution in [0.5, 0.6) is 5.75 Å². The molecule has 0 N–H and O–H groups in total. The van der Waals surface area contributed by atoms with E-state index in [1.807, 2.05) is 75.4 Å². The van der Waals surface area contributed by atoms with Gasteiger partial charge in [0.05, 0.1) is 11.0 Å². The summed E-state index contributed by atoms with van der Waals surface area (Å²) in [5.41, 5.74) is 2.84. The molecule has 2 rings (SSSR count). The predicted molar refractivity (Wildman–Crippen MR) is 97.3 cm³/mol. The summed E-state index contributed by atoms with van der Waals surface area (Å²) in [5, 5.41) is 0.0717. The van der Waals surface area contributed by atoms with Crippen LogP contribution in [0.3, 0.4) is 0 Å². The number of nitrogens with zero attached hydrogens (tertiary/aromatic N) is 1. The minimum absolute atomic E-state index is 0.0717. The van der Waals surface area contributed by atoms with E-state index in [0.29, 0.717) is 6.61 Å². The molecule has 0 aliphatic heterocycles. The molecular weight excluding hydrogens is 306 g/mol. The van der Waals surface area contributed by atoms with E-state index in [-0.39, 0.29) is 5.25 Å². The van der Waals surface area contributed by atoms with Crippen LogP contribution in [0.2, 0.25) is 0 Å². The van der Waals surface area contributed by atoms with Gasteiger partial charge in [0.1, 0.15) is 23.3 Å². The van der Waals surface area contributed by atoms with Crippen molar-refractivity contribution in [3.63, 3.8) is 0 Å². The van der Waals surface area contributed by atoms with E-state index in [9.17, 15) is 4.21 Å². The van der Waals surface area contributed by atoms with Crippen molar-refractivity contribution >= 4 is 16.7 Å². The quantitative estimate of drug-likeness (QED) is 0.700. The molecule has 122 valence electrons. The lowest BCUT2D eigenvalue weighted by molar-refractivity contribution is 0.306. The van der Waals surface area contributed by atoms with Crippen molar-refractivity contribution in [1.29, 1.82) is 0 Å². The Morgan fingerprint density at radius 3 is 2.61 bits per heavy atom. The Morgan fingerprint density at radius 2 is 1.91 bits per heavy atom. The molecule has 0 heterocycles. The van der Waals surface area contributed by atoms with Crippen LogP contribution in [-0.2, 0) is 17.6 Å². The highest BCUT2D eigenvalue weighted by Crippen LogP contribution is 2.16. The highest BCUT2D eigenvalue weighted by Gasteiger charge is 2.09. The van der Waals surface area contributed by atoms with Gasteiger partial charge < -0.3 is 4.74 Å². The fourth-order valence-electron chi connectivity index (χ4n) is 1.97. The third-order valence-electron chi connectivity index (χ3n) is 3.65. The molecule has 0 radical (unpaired) electrons. The predicted octanol–water partition coefficient (Wildman–Crippen LogP) is 4.54. The zero-order valence-corrected chi connectivity index (χ0v) is 14.7. The van der Waals surface area contributed by atoms with Gasteiger partial charge in [-0.25, -0.2) is 4.21 Å². The Morgan fingerprint density at radius 1 is 1.17 bits per heavy atom. The average Bonchev–Trinajstić information content (AvgIpc) is 2.60. The number of ether oxygens (including phenoxy) is 1. The molecule has 2 aromatic rings. The molecule has 0 saturated carbocycles. The van der Waals surface area contributed by atoms with Crippen LogP contribution in [0.15, 0.2) is 59.0 Å². The largest absolute Gasteiger partial charge is 0.489 e. The Bertz CT molecular complexity index is 683. The second kappa shape index (κ2) is 8.63. The lowest BCUT2D eigenvalue weighted by Crippen LogP contribution is -2.09. The second-order valence-corrected chi connectivity index (χ2v) is 7.01. The van der Waals surface area contributed by atoms with Gasteiger partial charge in [-0.2, -0.15) is 4.40 Å². The summed E-state index contributed by atoms with van der Waals surface area (Å²) in [6.45, 7) is 6.38. The van der Waals surface area contributed by atoms with E-state index in [2.05, 4.69) is 4.40 Å². The van der Waals surface area contributed by atoms with Crippen LogP contribution in [-0.4, -0.2) is 15.2 Å². The lowest BCUT2D eigenvalue weighted by Gasteiger charge is -2.09. The van der Waals surface area contributed by atoms with Crippen molar-refractivity contribution in [1.82, 2.24) is 0 Å². The van der Waals surface area contributed by atoms with Gasteiger partial charge in [-0.15, -0.1) is 0 Å². The fourth-order valence-corrected chi connectivity index (χ4v) is 2.81. The Labute approximate surface area is 141 Å². The van der Waals surface area contributed by atoms with Gasteiger partial charge >= 0.3 is 0 Å². The maximum absolute atomic E-state index is 12.0. The van der Waals surface area contributed by atoms with Gasteiger partial charge in [0.15, 0.2) is 0 Å². The van der Waals surface area contributed by atoms with E-state index in [4.69, 9.17) is 4.74 Å². The molecule has 0 aliphatic rings. The summed E-state index contributed by atoms with van der Waals surface area (Å²) in [4.78, 5) is 0. The molecule has 0 bridgehead atoms. The van der Waals surface area contributed by atoms with E-state index in [1.165, 1.54) is 0 Å². The highest BCUT2D eigenvalue weighted by atomic mass is 32.2. The molecule has 0 aromatic heterocycles. The standard InChI is InChI=1S/C19H23NO2S/c1-4-15(2)23(21)20-16(3)18-11-8-12-19(13-18)22-14-17-9-6-5-7-10-17/h5-13,15H,4,14H2,1-3H3/t15-,23?/m1/s1. The van der Waals surface area contributed by atoms with Crippen LogP contribution < -0.4 is 4.74 Å². The first-order chi connectivity index (χ1) is 11.1. The Kier molecular flexibility index (Phi) is 6.53. The first-order valence-corrected chi connectivity index (χ1v) is 9.00. The van der Waals surface area contributed by atoms with Gasteiger partial charge in [-0.05, 0) is 38.0 Å². The van der Waals surface area contributed by atoms with Gasteiger partial charge in [0, 0.05) is 5.56 Å². The van der Waals surface area contributed by atoms with E-state index >= 15 is 0 Å². The highest BCUT2D eigenvalue weighted by molar-refractivity contribution is 7.84. The third kappa shape index (κ3) is 5.32. The third-order valence-corrected chi connectivity index (χ3v) is 5.12. The number of benzene rings is 2. The van der Waals surface area contributed by atoms with Crippen molar-refractivity contribution < 1.29 is 8.95 Å². The molecular formula is C19H23NO2S. The molecule has 1 unspecified atom stereocenters. The number of hydrogen-bond acceptors (Lipinski definition) is 2. The average molecular weight is 329 g/mol. The summed E-state index contributed by atoms with van der Waals surface area (Å²) >= 11 is 0. The van der Waals surface area contributed by atoms with Gasteiger partial charge in [0.25, 0.3) is 0 Å². The minimum Gasteiger partial charge on any atom is -0.489 e. The summed E-state index contributed by atoms with van der Waals surface area (Å²) in [5.74, 6) is 0.787. The molecule has 0 fully saturated rings. The van der Waals surface area contributed by atoms with Crippen LogP contribution in [0.25, 0.3) is 0 Å².